The van der Waals surface area contributed by atoms with Crippen molar-refractivity contribution < 1.29 is 4.74 Å². The van der Waals surface area contributed by atoms with Gasteiger partial charge in [-0.2, -0.15) is 0 Å². The number of rotatable bonds is 3. The van der Waals surface area contributed by atoms with Crippen molar-refractivity contribution in [3.63, 3.8) is 0 Å². The fourth-order valence-electron chi connectivity index (χ4n) is 3.46. The maximum absolute atomic E-state index is 12.8. The van der Waals surface area contributed by atoms with Crippen LogP contribution in [-0.4, -0.2) is 17.1 Å². The topological polar surface area (TPSA) is 55.0 Å². The predicted octanol–water partition coefficient (Wildman–Crippen LogP) is 5.48. The van der Waals surface area contributed by atoms with Crippen molar-refractivity contribution in [3.8, 4) is 27.6 Å². The quantitative estimate of drug-likeness (QED) is 0.448. The van der Waals surface area contributed by atoms with E-state index < -0.39 is 0 Å². The molecule has 0 aliphatic rings. The monoisotopic (exact) mass is 384 g/mol. The van der Waals surface area contributed by atoms with Crippen LogP contribution in [0.25, 0.3) is 42.8 Å². The molecule has 0 spiro atoms. The second kappa shape index (κ2) is 6.62. The number of fused-ring (bicyclic) bond motifs is 2. The van der Waals surface area contributed by atoms with Crippen molar-refractivity contribution in [2.75, 3.05) is 7.11 Å². The molecular weight excluding hydrogens is 368 g/mol. The molecule has 28 heavy (non-hydrogen) atoms. The van der Waals surface area contributed by atoms with Crippen molar-refractivity contribution >= 4 is 32.3 Å². The zero-order valence-corrected chi connectivity index (χ0v) is 15.9. The van der Waals surface area contributed by atoms with Gasteiger partial charge < -0.3 is 9.72 Å². The van der Waals surface area contributed by atoms with E-state index in [2.05, 4.69) is 4.98 Å². The Morgan fingerprint density at radius 2 is 1.71 bits per heavy atom. The molecular formula is C23H16N2O2S. The maximum atomic E-state index is 12.8. The molecule has 0 aliphatic carbocycles. The summed E-state index contributed by atoms with van der Waals surface area (Å²) in [5.74, 6) is 1.20. The molecule has 3 aromatic carbocycles. The van der Waals surface area contributed by atoms with Crippen LogP contribution in [0.15, 0.2) is 77.6 Å². The van der Waals surface area contributed by atoms with Gasteiger partial charge in [-0.1, -0.05) is 60.7 Å². The maximum Gasteiger partial charge on any atom is 0.259 e. The van der Waals surface area contributed by atoms with Crippen molar-refractivity contribution in [2.45, 2.75) is 0 Å². The molecule has 0 aliphatic heterocycles. The molecule has 0 atom stereocenters. The van der Waals surface area contributed by atoms with E-state index in [4.69, 9.17) is 9.72 Å². The Balaban J connectivity index is 1.77. The van der Waals surface area contributed by atoms with Crippen LogP contribution in [-0.2, 0) is 0 Å². The number of nitrogens with one attached hydrogen (secondary N) is 1. The molecule has 0 radical (unpaired) electrons. The van der Waals surface area contributed by atoms with Crippen LogP contribution < -0.4 is 10.3 Å². The minimum atomic E-state index is -0.145. The Labute approximate surface area is 165 Å². The number of benzene rings is 3. The lowest BCUT2D eigenvalue weighted by atomic mass is 10.0. The highest BCUT2D eigenvalue weighted by Gasteiger charge is 2.16. The number of thiophene rings is 1. The van der Waals surface area contributed by atoms with E-state index in [9.17, 15) is 4.79 Å². The van der Waals surface area contributed by atoms with Gasteiger partial charge in [0.25, 0.3) is 5.56 Å². The van der Waals surface area contributed by atoms with Gasteiger partial charge in [0.2, 0.25) is 0 Å². The van der Waals surface area contributed by atoms with E-state index in [1.165, 1.54) is 11.3 Å². The third-order valence-corrected chi connectivity index (χ3v) is 5.89. The molecule has 136 valence electrons. The standard InChI is InChI=1S/C23H16N2O2S/c1-27-18-12-11-14-7-5-6-10-16(14)20(18)21-24-22(26)17-13-19(28-23(17)25-21)15-8-3-2-4-9-15/h2-13H,1H3,(H,24,25,26). The highest BCUT2D eigenvalue weighted by Crippen LogP contribution is 2.37. The van der Waals surface area contributed by atoms with Crippen molar-refractivity contribution in [2.24, 2.45) is 0 Å². The van der Waals surface area contributed by atoms with Crippen molar-refractivity contribution in [1.29, 1.82) is 0 Å². The Bertz CT molecular complexity index is 1370. The second-order valence-corrected chi connectivity index (χ2v) is 7.50. The molecule has 0 saturated carbocycles. The van der Waals surface area contributed by atoms with Crippen LogP contribution in [0.3, 0.4) is 0 Å². The molecule has 4 nitrogen and oxygen atoms in total. The van der Waals surface area contributed by atoms with E-state index in [1.54, 1.807) is 7.11 Å². The normalized spacial score (nSPS) is 11.2. The van der Waals surface area contributed by atoms with E-state index in [0.29, 0.717) is 21.8 Å². The first-order chi connectivity index (χ1) is 13.7. The lowest BCUT2D eigenvalue weighted by Crippen LogP contribution is -2.08. The largest absolute Gasteiger partial charge is 0.496 e. The zero-order chi connectivity index (χ0) is 19.1. The number of methoxy groups -OCH3 is 1. The van der Waals surface area contributed by atoms with Gasteiger partial charge in [-0.3, -0.25) is 4.79 Å². The van der Waals surface area contributed by atoms with Crippen LogP contribution in [0.4, 0.5) is 0 Å². The zero-order valence-electron chi connectivity index (χ0n) is 15.1. The number of nitrogens with zero attached hydrogens (tertiary/aromatic N) is 1. The lowest BCUT2D eigenvalue weighted by Gasteiger charge is -2.11. The number of hydrogen-bond acceptors (Lipinski definition) is 4. The van der Waals surface area contributed by atoms with Gasteiger partial charge in [0.15, 0.2) is 0 Å². The minimum Gasteiger partial charge on any atom is -0.496 e. The first-order valence-electron chi connectivity index (χ1n) is 8.90. The lowest BCUT2D eigenvalue weighted by molar-refractivity contribution is 0.416. The smallest absolute Gasteiger partial charge is 0.259 e. The highest BCUT2D eigenvalue weighted by molar-refractivity contribution is 7.21. The van der Waals surface area contributed by atoms with E-state index in [-0.39, 0.29) is 5.56 Å². The Morgan fingerprint density at radius 1 is 0.929 bits per heavy atom. The molecule has 2 heterocycles. The van der Waals surface area contributed by atoms with Crippen molar-refractivity contribution in [1.82, 2.24) is 9.97 Å². The van der Waals surface area contributed by atoms with Crippen LogP contribution >= 0.6 is 11.3 Å². The second-order valence-electron chi connectivity index (χ2n) is 6.47. The van der Waals surface area contributed by atoms with Crippen molar-refractivity contribution in [3.05, 3.63) is 83.2 Å². The van der Waals surface area contributed by atoms with Crippen LogP contribution in [0.2, 0.25) is 0 Å². The number of aromatic amines is 1. The molecule has 0 bridgehead atoms. The van der Waals surface area contributed by atoms with Crippen LogP contribution in [0.1, 0.15) is 0 Å². The van der Waals surface area contributed by atoms with Crippen LogP contribution in [0.5, 0.6) is 5.75 Å². The summed E-state index contributed by atoms with van der Waals surface area (Å²) < 4.78 is 5.58. The average molecular weight is 384 g/mol. The summed E-state index contributed by atoms with van der Waals surface area (Å²) in [5, 5.41) is 2.66. The van der Waals surface area contributed by atoms with Gasteiger partial charge in [-0.25, -0.2) is 4.98 Å². The summed E-state index contributed by atoms with van der Waals surface area (Å²) in [7, 11) is 1.63. The third-order valence-electron chi connectivity index (χ3n) is 4.81. The molecule has 1 N–H and O–H groups in total. The summed E-state index contributed by atoms with van der Waals surface area (Å²) in [5.41, 5.74) is 1.73. The summed E-state index contributed by atoms with van der Waals surface area (Å²) in [6, 6.07) is 23.9. The van der Waals surface area contributed by atoms with Gasteiger partial charge in [0.05, 0.1) is 18.1 Å². The van der Waals surface area contributed by atoms with Gasteiger partial charge in [0.1, 0.15) is 16.4 Å². The number of ether oxygens (including phenoxy) is 1. The molecule has 2 aromatic heterocycles. The fraction of sp³-hybridized carbons (Fsp3) is 0.0435. The molecule has 5 aromatic rings. The number of hydrogen-bond donors (Lipinski definition) is 1. The Morgan fingerprint density at radius 3 is 2.54 bits per heavy atom. The van der Waals surface area contributed by atoms with E-state index in [1.807, 2.05) is 72.8 Å². The molecule has 0 amide bonds. The minimum absolute atomic E-state index is 0.145. The Kier molecular flexibility index (Phi) is 3.95. The molecule has 0 fully saturated rings. The fourth-order valence-corrected chi connectivity index (χ4v) is 4.50. The van der Waals surface area contributed by atoms with E-state index >= 15 is 0 Å². The summed E-state index contributed by atoms with van der Waals surface area (Å²) in [4.78, 5) is 22.3. The van der Waals surface area contributed by atoms with Gasteiger partial charge in [-0.15, -0.1) is 11.3 Å². The first kappa shape index (κ1) is 16.7. The Hall–Kier alpha value is -3.44. The molecule has 5 heteroatoms. The average Bonchev–Trinajstić information content (AvgIpc) is 3.18. The third kappa shape index (κ3) is 2.68. The summed E-state index contributed by atoms with van der Waals surface area (Å²) in [6.45, 7) is 0. The number of H-pyrrole nitrogens is 1. The van der Waals surface area contributed by atoms with E-state index in [0.717, 1.165) is 26.8 Å². The molecule has 0 unspecified atom stereocenters. The predicted molar refractivity (Wildman–Crippen MR) is 115 cm³/mol. The van der Waals surface area contributed by atoms with Crippen LogP contribution in [0, 0.1) is 0 Å². The summed E-state index contributed by atoms with van der Waals surface area (Å²) >= 11 is 1.52. The van der Waals surface area contributed by atoms with Gasteiger partial charge in [0, 0.05) is 4.88 Å². The first-order valence-corrected chi connectivity index (χ1v) is 9.71. The number of aromatic nitrogens is 2. The molecule has 0 saturated heterocycles. The SMILES string of the molecule is COc1ccc2ccccc2c1-c1nc2sc(-c3ccccc3)cc2c(=O)[nH]1. The van der Waals surface area contributed by atoms with Gasteiger partial charge in [-0.05, 0) is 28.5 Å². The summed E-state index contributed by atoms with van der Waals surface area (Å²) in [6.07, 6.45) is 0. The highest BCUT2D eigenvalue weighted by atomic mass is 32.1. The van der Waals surface area contributed by atoms with Gasteiger partial charge >= 0.3 is 0 Å². The molecule has 5 rings (SSSR count).